The SMILES string of the molecule is CCOC(=O)Nc1ccc(OCC2COC(CCc3ccc(Cl)cc3)(Cn3ccnc3)O2)cc1. The molecule has 0 spiro atoms. The fraction of sp³-hybridized carbons (Fsp3) is 0.360. The Labute approximate surface area is 203 Å². The van der Waals surface area contributed by atoms with Crippen LogP contribution in [0.2, 0.25) is 5.02 Å². The van der Waals surface area contributed by atoms with E-state index in [9.17, 15) is 4.79 Å². The van der Waals surface area contributed by atoms with Gasteiger partial charge in [-0.15, -0.1) is 0 Å². The van der Waals surface area contributed by atoms with Crippen LogP contribution in [0.4, 0.5) is 10.5 Å². The number of carbonyl (C=O) groups is 1. The van der Waals surface area contributed by atoms with E-state index in [1.54, 1.807) is 43.7 Å². The molecule has 1 aliphatic rings. The largest absolute Gasteiger partial charge is 0.491 e. The van der Waals surface area contributed by atoms with Gasteiger partial charge >= 0.3 is 6.09 Å². The molecule has 8 nitrogen and oxygen atoms in total. The van der Waals surface area contributed by atoms with Crippen molar-refractivity contribution in [2.24, 2.45) is 0 Å². The van der Waals surface area contributed by atoms with Crippen molar-refractivity contribution in [2.75, 3.05) is 25.1 Å². The predicted octanol–water partition coefficient (Wildman–Crippen LogP) is 4.93. The zero-order chi connectivity index (χ0) is 23.8. The molecule has 9 heteroatoms. The molecule has 1 fully saturated rings. The van der Waals surface area contributed by atoms with E-state index in [4.69, 9.17) is 30.5 Å². The lowest BCUT2D eigenvalue weighted by Gasteiger charge is -2.28. The Balaban J connectivity index is 1.33. The minimum atomic E-state index is -0.776. The first kappa shape index (κ1) is 24.1. The second-order valence-electron chi connectivity index (χ2n) is 8.00. The van der Waals surface area contributed by atoms with Crippen LogP contribution in [0.5, 0.6) is 5.75 Å². The van der Waals surface area contributed by atoms with Crippen molar-refractivity contribution in [3.05, 3.63) is 77.8 Å². The quantitative estimate of drug-likeness (QED) is 0.438. The van der Waals surface area contributed by atoms with Crippen molar-refractivity contribution in [2.45, 2.75) is 38.2 Å². The molecular weight excluding hydrogens is 458 g/mol. The Kier molecular flexibility index (Phi) is 8.05. The molecule has 0 radical (unpaired) electrons. The van der Waals surface area contributed by atoms with Crippen molar-refractivity contribution in [3.63, 3.8) is 0 Å². The maximum Gasteiger partial charge on any atom is 0.411 e. The Morgan fingerprint density at radius 1 is 1.24 bits per heavy atom. The van der Waals surface area contributed by atoms with Crippen LogP contribution in [0.1, 0.15) is 18.9 Å². The van der Waals surface area contributed by atoms with Gasteiger partial charge in [-0.3, -0.25) is 5.32 Å². The summed E-state index contributed by atoms with van der Waals surface area (Å²) in [6.45, 7) is 3.38. The average Bonchev–Trinajstić information content (AvgIpc) is 3.49. The Bertz CT molecular complexity index is 1040. The number of aryl methyl sites for hydroxylation is 1. The summed E-state index contributed by atoms with van der Waals surface area (Å²) in [6.07, 6.45) is 6.15. The smallest absolute Gasteiger partial charge is 0.411 e. The molecule has 180 valence electrons. The summed E-state index contributed by atoms with van der Waals surface area (Å²) in [5.41, 5.74) is 1.80. The van der Waals surface area contributed by atoms with Crippen LogP contribution >= 0.6 is 11.6 Å². The number of rotatable bonds is 10. The Hall–Kier alpha value is -3.07. The molecule has 3 aromatic rings. The van der Waals surface area contributed by atoms with Crippen molar-refractivity contribution in [3.8, 4) is 5.75 Å². The molecule has 0 bridgehead atoms. The molecule has 4 rings (SSSR count). The lowest BCUT2D eigenvalue weighted by molar-refractivity contribution is -0.184. The number of anilines is 1. The summed E-state index contributed by atoms with van der Waals surface area (Å²) in [5, 5.41) is 3.37. The third kappa shape index (κ3) is 6.72. The van der Waals surface area contributed by atoms with E-state index in [0.29, 0.717) is 49.2 Å². The number of ether oxygens (including phenoxy) is 4. The van der Waals surface area contributed by atoms with E-state index in [-0.39, 0.29) is 6.10 Å². The highest BCUT2D eigenvalue weighted by atomic mass is 35.5. The lowest BCUT2D eigenvalue weighted by Crippen LogP contribution is -2.37. The molecule has 1 aromatic heterocycles. The topological polar surface area (TPSA) is 83.8 Å². The van der Waals surface area contributed by atoms with E-state index >= 15 is 0 Å². The predicted molar refractivity (Wildman–Crippen MR) is 128 cm³/mol. The summed E-state index contributed by atoms with van der Waals surface area (Å²) in [6, 6.07) is 14.9. The van der Waals surface area contributed by atoms with Gasteiger partial charge in [0.05, 0.1) is 26.1 Å². The number of halogens is 1. The first-order valence-corrected chi connectivity index (χ1v) is 11.6. The zero-order valence-corrected chi connectivity index (χ0v) is 19.7. The number of benzene rings is 2. The first-order valence-electron chi connectivity index (χ1n) is 11.2. The number of amides is 1. The highest BCUT2D eigenvalue weighted by Gasteiger charge is 2.42. The number of hydrogen-bond donors (Lipinski definition) is 1. The second-order valence-corrected chi connectivity index (χ2v) is 8.44. The van der Waals surface area contributed by atoms with E-state index in [2.05, 4.69) is 10.3 Å². The van der Waals surface area contributed by atoms with Gasteiger partial charge in [0.25, 0.3) is 0 Å². The van der Waals surface area contributed by atoms with Gasteiger partial charge in [0.15, 0.2) is 5.79 Å². The summed E-state index contributed by atoms with van der Waals surface area (Å²) in [5.74, 6) is -0.104. The minimum Gasteiger partial charge on any atom is -0.491 e. The average molecular weight is 486 g/mol. The van der Waals surface area contributed by atoms with Gasteiger partial charge in [0, 0.05) is 29.5 Å². The summed E-state index contributed by atoms with van der Waals surface area (Å²) >= 11 is 6.01. The zero-order valence-electron chi connectivity index (χ0n) is 19.0. The van der Waals surface area contributed by atoms with Crippen LogP contribution in [0.25, 0.3) is 0 Å². The van der Waals surface area contributed by atoms with Crippen LogP contribution < -0.4 is 10.1 Å². The molecule has 2 heterocycles. The Morgan fingerprint density at radius 3 is 2.74 bits per heavy atom. The number of nitrogens with zero attached hydrogens (tertiary/aromatic N) is 2. The van der Waals surface area contributed by atoms with E-state index in [1.807, 2.05) is 35.0 Å². The maximum absolute atomic E-state index is 11.5. The van der Waals surface area contributed by atoms with Crippen LogP contribution in [0.3, 0.4) is 0 Å². The van der Waals surface area contributed by atoms with Gasteiger partial charge in [-0.1, -0.05) is 23.7 Å². The molecule has 0 aliphatic carbocycles. The fourth-order valence-electron chi connectivity index (χ4n) is 3.74. The second kappa shape index (κ2) is 11.4. The van der Waals surface area contributed by atoms with Crippen molar-refractivity contribution in [1.82, 2.24) is 9.55 Å². The van der Waals surface area contributed by atoms with Crippen molar-refractivity contribution < 1.29 is 23.7 Å². The van der Waals surface area contributed by atoms with E-state index in [1.165, 1.54) is 0 Å². The molecule has 2 aromatic carbocycles. The molecule has 0 saturated carbocycles. The van der Waals surface area contributed by atoms with E-state index in [0.717, 1.165) is 12.0 Å². The molecule has 1 aliphatic heterocycles. The van der Waals surface area contributed by atoms with Gasteiger partial charge < -0.3 is 23.5 Å². The molecule has 1 amide bonds. The first-order chi connectivity index (χ1) is 16.5. The van der Waals surface area contributed by atoms with Gasteiger partial charge in [0.2, 0.25) is 0 Å². The van der Waals surface area contributed by atoms with Crippen molar-refractivity contribution >= 4 is 23.4 Å². The van der Waals surface area contributed by atoms with E-state index < -0.39 is 11.9 Å². The fourth-order valence-corrected chi connectivity index (χ4v) is 3.87. The number of aromatic nitrogens is 2. The van der Waals surface area contributed by atoms with Gasteiger partial charge in [-0.25, -0.2) is 9.78 Å². The van der Waals surface area contributed by atoms with Crippen LogP contribution in [0, 0.1) is 0 Å². The number of carbonyl (C=O) groups excluding carboxylic acids is 1. The van der Waals surface area contributed by atoms with Crippen molar-refractivity contribution in [1.29, 1.82) is 0 Å². The number of nitrogens with one attached hydrogen (secondary N) is 1. The lowest BCUT2D eigenvalue weighted by atomic mass is 10.0. The molecule has 2 atom stereocenters. The van der Waals surface area contributed by atoms with Crippen LogP contribution in [-0.4, -0.2) is 47.4 Å². The monoisotopic (exact) mass is 485 g/mol. The summed E-state index contributed by atoms with van der Waals surface area (Å²) in [7, 11) is 0. The third-order valence-corrected chi connectivity index (χ3v) is 5.67. The highest BCUT2D eigenvalue weighted by molar-refractivity contribution is 6.30. The van der Waals surface area contributed by atoms with Gasteiger partial charge in [-0.2, -0.15) is 0 Å². The standard InChI is InChI=1S/C25H28ClN3O5/c1-2-31-24(30)28-21-7-9-22(10-8-21)32-15-23-16-33-25(34-23,17-29-14-13-27-18-29)12-11-19-3-5-20(26)6-4-19/h3-10,13-14,18,23H,2,11-12,15-17H2,1H3,(H,28,30). The highest BCUT2D eigenvalue weighted by Crippen LogP contribution is 2.31. The summed E-state index contributed by atoms with van der Waals surface area (Å²) in [4.78, 5) is 15.7. The minimum absolute atomic E-state index is 0.217. The molecule has 1 N–H and O–H groups in total. The molecular formula is C25H28ClN3O5. The van der Waals surface area contributed by atoms with Crippen LogP contribution in [-0.2, 0) is 27.2 Å². The van der Waals surface area contributed by atoms with Crippen LogP contribution in [0.15, 0.2) is 67.3 Å². The number of hydrogen-bond acceptors (Lipinski definition) is 6. The summed E-state index contributed by atoms with van der Waals surface area (Å²) < 4.78 is 25.4. The third-order valence-electron chi connectivity index (χ3n) is 5.42. The number of imidazole rings is 1. The Morgan fingerprint density at radius 2 is 2.03 bits per heavy atom. The molecule has 2 unspecified atom stereocenters. The van der Waals surface area contributed by atoms with Gasteiger partial charge in [0.1, 0.15) is 18.5 Å². The molecule has 1 saturated heterocycles. The van der Waals surface area contributed by atoms with Gasteiger partial charge in [-0.05, 0) is 55.3 Å². The maximum atomic E-state index is 11.5. The molecule has 34 heavy (non-hydrogen) atoms. The normalized spacial score (nSPS) is 19.6.